The smallest absolute Gasteiger partial charge is 0.417 e. The summed E-state index contributed by atoms with van der Waals surface area (Å²) in [4.78, 5) is 12.3. The van der Waals surface area contributed by atoms with Crippen molar-refractivity contribution in [3.8, 4) is 11.8 Å². The Hall–Kier alpha value is -3.47. The molecule has 0 saturated carbocycles. The zero-order valence-electron chi connectivity index (χ0n) is 19.2. The van der Waals surface area contributed by atoms with Gasteiger partial charge in [-0.2, -0.15) is 18.4 Å². The summed E-state index contributed by atoms with van der Waals surface area (Å²) in [5.74, 6) is 0.380. The Balaban J connectivity index is 1.49. The number of fused-ring (bicyclic) bond motifs is 3. The van der Waals surface area contributed by atoms with Crippen molar-refractivity contribution >= 4 is 16.9 Å². The van der Waals surface area contributed by atoms with Gasteiger partial charge in [0.05, 0.1) is 23.6 Å². The fourth-order valence-electron chi connectivity index (χ4n) is 4.35. The molecule has 1 unspecified atom stereocenters. The van der Waals surface area contributed by atoms with Gasteiger partial charge >= 0.3 is 12.1 Å². The highest BCUT2D eigenvalue weighted by molar-refractivity contribution is 5.84. The van der Waals surface area contributed by atoms with Crippen molar-refractivity contribution in [1.82, 2.24) is 4.57 Å². The second-order valence-electron chi connectivity index (χ2n) is 9.50. The van der Waals surface area contributed by atoms with Gasteiger partial charge in [0.15, 0.2) is 0 Å². The quantitative estimate of drug-likeness (QED) is 0.409. The van der Waals surface area contributed by atoms with Crippen molar-refractivity contribution < 1.29 is 27.4 Å². The van der Waals surface area contributed by atoms with Gasteiger partial charge in [0.25, 0.3) is 0 Å². The van der Waals surface area contributed by atoms with E-state index in [1.54, 1.807) is 12.1 Å². The molecular weight excluding hydrogens is 445 g/mol. The molecule has 178 valence electrons. The third-order valence-electron chi connectivity index (χ3n) is 5.77. The predicted octanol–water partition coefficient (Wildman–Crippen LogP) is 6.33. The zero-order chi connectivity index (χ0) is 24.7. The SMILES string of the molecule is CC(C)(C)OC(=O)CC1CCn2c1cc1cc(OCc3ccc(C#N)c(C(F)(F)F)c3)ccc12. The minimum atomic E-state index is -4.61. The van der Waals surface area contributed by atoms with Crippen LogP contribution in [0.15, 0.2) is 42.5 Å². The van der Waals surface area contributed by atoms with E-state index < -0.39 is 22.9 Å². The van der Waals surface area contributed by atoms with Crippen LogP contribution in [0.2, 0.25) is 0 Å². The number of benzene rings is 2. The molecular formula is C26H25F3N2O3. The molecule has 1 aliphatic heterocycles. The van der Waals surface area contributed by atoms with E-state index >= 15 is 0 Å². The molecule has 0 radical (unpaired) electrons. The number of nitrogens with zero attached hydrogens (tertiary/aromatic N) is 2. The van der Waals surface area contributed by atoms with E-state index in [0.29, 0.717) is 17.7 Å². The van der Waals surface area contributed by atoms with E-state index in [2.05, 4.69) is 4.57 Å². The number of halogens is 3. The lowest BCUT2D eigenvalue weighted by atomic mass is 10.00. The molecule has 2 heterocycles. The second-order valence-corrected chi connectivity index (χ2v) is 9.50. The standard InChI is InChI=1S/C26H25F3N2O3/c1-25(2,3)34-24(32)13-17-8-9-31-22-7-6-20(11-19(22)12-23(17)31)33-15-16-4-5-18(14-30)21(10-16)26(27,28)29/h4-7,10-12,17H,8-9,13,15H2,1-3H3. The largest absolute Gasteiger partial charge is 0.489 e. The minimum Gasteiger partial charge on any atom is -0.489 e. The second kappa shape index (κ2) is 8.71. The maximum absolute atomic E-state index is 13.2. The lowest BCUT2D eigenvalue weighted by Crippen LogP contribution is -2.24. The molecule has 0 aliphatic carbocycles. The van der Waals surface area contributed by atoms with Crippen molar-refractivity contribution in [2.45, 2.75) is 64.5 Å². The fraction of sp³-hybridized carbons (Fsp3) is 0.385. The molecule has 0 N–H and O–H groups in total. The maximum atomic E-state index is 13.2. The number of aromatic nitrogens is 1. The summed E-state index contributed by atoms with van der Waals surface area (Å²) in [7, 11) is 0. The monoisotopic (exact) mass is 470 g/mol. The molecule has 5 nitrogen and oxygen atoms in total. The van der Waals surface area contributed by atoms with E-state index in [0.717, 1.165) is 41.7 Å². The van der Waals surface area contributed by atoms with Crippen LogP contribution in [0.25, 0.3) is 10.9 Å². The number of rotatable bonds is 5. The average molecular weight is 470 g/mol. The molecule has 0 saturated heterocycles. The Bertz CT molecular complexity index is 1280. The van der Waals surface area contributed by atoms with Crippen LogP contribution in [-0.2, 0) is 28.9 Å². The Labute approximate surface area is 195 Å². The highest BCUT2D eigenvalue weighted by atomic mass is 19.4. The molecule has 4 rings (SSSR count). The first-order chi connectivity index (χ1) is 15.9. The molecule has 2 aromatic carbocycles. The van der Waals surface area contributed by atoms with Crippen molar-refractivity contribution in [3.05, 3.63) is 64.8 Å². The Kier molecular flexibility index (Phi) is 6.07. The van der Waals surface area contributed by atoms with E-state index in [9.17, 15) is 18.0 Å². The highest BCUT2D eigenvalue weighted by Gasteiger charge is 2.34. The number of ether oxygens (including phenoxy) is 2. The van der Waals surface area contributed by atoms with Crippen LogP contribution in [0.3, 0.4) is 0 Å². The number of esters is 1. The van der Waals surface area contributed by atoms with Crippen LogP contribution in [0.1, 0.15) is 61.9 Å². The van der Waals surface area contributed by atoms with Gasteiger partial charge in [-0.3, -0.25) is 4.79 Å². The summed E-state index contributed by atoms with van der Waals surface area (Å²) in [6.45, 7) is 6.28. The summed E-state index contributed by atoms with van der Waals surface area (Å²) in [5, 5.41) is 9.88. The third kappa shape index (κ3) is 5.04. The summed E-state index contributed by atoms with van der Waals surface area (Å²) in [6, 6.07) is 12.7. The Morgan fingerprint density at radius 2 is 1.91 bits per heavy atom. The van der Waals surface area contributed by atoms with Crippen LogP contribution in [0.4, 0.5) is 13.2 Å². The molecule has 8 heteroatoms. The minimum absolute atomic E-state index is 0.0604. The first kappa shape index (κ1) is 23.7. The molecule has 1 aliphatic rings. The first-order valence-corrected chi connectivity index (χ1v) is 11.0. The molecule has 0 spiro atoms. The number of hydrogen-bond acceptors (Lipinski definition) is 4. The molecule has 0 amide bonds. The predicted molar refractivity (Wildman–Crippen MR) is 120 cm³/mol. The topological polar surface area (TPSA) is 64.2 Å². The van der Waals surface area contributed by atoms with Gasteiger partial charge < -0.3 is 14.0 Å². The molecule has 0 bridgehead atoms. The molecule has 34 heavy (non-hydrogen) atoms. The van der Waals surface area contributed by atoms with E-state index in [1.807, 2.05) is 39.0 Å². The first-order valence-electron chi connectivity index (χ1n) is 11.0. The van der Waals surface area contributed by atoms with Crippen molar-refractivity contribution in [3.63, 3.8) is 0 Å². The third-order valence-corrected chi connectivity index (χ3v) is 5.77. The number of nitriles is 1. The zero-order valence-corrected chi connectivity index (χ0v) is 19.2. The Morgan fingerprint density at radius 3 is 2.59 bits per heavy atom. The summed E-state index contributed by atoms with van der Waals surface area (Å²) < 4.78 is 53.0. The van der Waals surface area contributed by atoms with Gasteiger partial charge in [-0.15, -0.1) is 0 Å². The summed E-state index contributed by atoms with van der Waals surface area (Å²) in [5.41, 5.74) is 0.507. The van der Waals surface area contributed by atoms with E-state index in [4.69, 9.17) is 14.7 Å². The molecule has 1 atom stereocenters. The summed E-state index contributed by atoms with van der Waals surface area (Å²) in [6.07, 6.45) is -3.43. The average Bonchev–Trinajstić information content (AvgIpc) is 3.29. The lowest BCUT2D eigenvalue weighted by Gasteiger charge is -2.20. The van der Waals surface area contributed by atoms with Gasteiger partial charge in [-0.25, -0.2) is 0 Å². The van der Waals surface area contributed by atoms with E-state index in [-0.39, 0.29) is 18.5 Å². The van der Waals surface area contributed by atoms with Crippen LogP contribution < -0.4 is 4.74 Å². The highest BCUT2D eigenvalue weighted by Crippen LogP contribution is 2.38. The maximum Gasteiger partial charge on any atom is 0.417 e. The van der Waals surface area contributed by atoms with Crippen LogP contribution in [-0.4, -0.2) is 16.1 Å². The van der Waals surface area contributed by atoms with Gasteiger partial charge in [0.2, 0.25) is 0 Å². The van der Waals surface area contributed by atoms with Crippen LogP contribution in [0, 0.1) is 11.3 Å². The number of alkyl halides is 3. The molecule has 0 fully saturated rings. The lowest BCUT2D eigenvalue weighted by molar-refractivity contribution is -0.155. The van der Waals surface area contributed by atoms with E-state index in [1.165, 1.54) is 6.07 Å². The van der Waals surface area contributed by atoms with Crippen LogP contribution in [0.5, 0.6) is 5.75 Å². The van der Waals surface area contributed by atoms with Crippen molar-refractivity contribution in [1.29, 1.82) is 5.26 Å². The number of carbonyl (C=O) groups is 1. The van der Waals surface area contributed by atoms with Gasteiger partial charge in [0, 0.05) is 29.1 Å². The Morgan fingerprint density at radius 1 is 1.15 bits per heavy atom. The summed E-state index contributed by atoms with van der Waals surface area (Å²) >= 11 is 0. The van der Waals surface area contributed by atoms with Crippen LogP contribution >= 0.6 is 0 Å². The fourth-order valence-corrected chi connectivity index (χ4v) is 4.35. The van der Waals surface area contributed by atoms with Crippen molar-refractivity contribution in [2.75, 3.05) is 0 Å². The number of aryl methyl sites for hydroxylation is 1. The normalized spacial score (nSPS) is 15.7. The van der Waals surface area contributed by atoms with Gasteiger partial charge in [0.1, 0.15) is 18.0 Å². The number of carbonyl (C=O) groups excluding carboxylic acids is 1. The molecule has 3 aromatic rings. The van der Waals surface area contributed by atoms with Gasteiger partial charge in [-0.1, -0.05) is 6.07 Å². The van der Waals surface area contributed by atoms with Gasteiger partial charge in [-0.05, 0) is 69.2 Å². The molecule has 1 aromatic heterocycles. The number of hydrogen-bond donors (Lipinski definition) is 0. The van der Waals surface area contributed by atoms with Crippen molar-refractivity contribution in [2.24, 2.45) is 0 Å².